The van der Waals surface area contributed by atoms with Gasteiger partial charge in [0.1, 0.15) is 6.04 Å². The number of hydrogen-bond donors (Lipinski definition) is 10. The number of amides is 2. The van der Waals surface area contributed by atoms with E-state index in [9.17, 15) is 19.6 Å². The summed E-state index contributed by atoms with van der Waals surface area (Å²) in [5, 5.41) is 46.0. The number of oxime groups is 2. The number of rotatable bonds is 21. The molecule has 0 fully saturated rings. The number of nitrogens with zero attached hydrogens (tertiary/aromatic N) is 5. The lowest BCUT2D eigenvalue weighted by Gasteiger charge is -2.28. The summed E-state index contributed by atoms with van der Waals surface area (Å²) in [6.45, 7) is 9.82. The molecule has 0 bridgehead atoms. The first-order chi connectivity index (χ1) is 24.7. The summed E-state index contributed by atoms with van der Waals surface area (Å²) in [5.41, 5.74) is 8.88. The van der Waals surface area contributed by atoms with E-state index in [1.807, 2.05) is 13.8 Å². The van der Waals surface area contributed by atoms with Gasteiger partial charge in [0.2, 0.25) is 11.9 Å². The highest BCUT2D eigenvalue weighted by atomic mass is 17.1. The zero-order valence-electron chi connectivity index (χ0n) is 29.8. The van der Waals surface area contributed by atoms with E-state index in [2.05, 4.69) is 61.9 Å². The summed E-state index contributed by atoms with van der Waals surface area (Å²) in [6, 6.07) is 5.56. The van der Waals surface area contributed by atoms with Gasteiger partial charge in [-0.05, 0) is 71.7 Å². The molecule has 0 aliphatic rings. The zero-order valence-corrected chi connectivity index (χ0v) is 29.8. The molecule has 20 heteroatoms. The number of H-pyrrole nitrogens is 1. The van der Waals surface area contributed by atoms with Crippen molar-refractivity contribution in [3.05, 3.63) is 52.1 Å². The predicted molar refractivity (Wildman–Crippen MR) is 192 cm³/mol. The molecule has 20 nitrogen and oxygen atoms in total. The Bertz CT molecular complexity index is 1760. The number of hydrogen-bond acceptors (Lipinski definition) is 17. The van der Waals surface area contributed by atoms with Gasteiger partial charge in [0.05, 0.1) is 54.2 Å². The Labute approximate surface area is 299 Å². The van der Waals surface area contributed by atoms with Crippen LogP contribution in [-0.2, 0) is 21.1 Å². The Morgan fingerprint density at radius 1 is 1.04 bits per heavy atom. The van der Waals surface area contributed by atoms with Crippen LogP contribution >= 0.6 is 0 Å². The third-order valence-electron chi connectivity index (χ3n) is 8.11. The Kier molecular flexibility index (Phi) is 15.3. The molecule has 1 atom stereocenters. The minimum atomic E-state index is -0.950. The third-order valence-corrected chi connectivity index (χ3v) is 8.11. The summed E-state index contributed by atoms with van der Waals surface area (Å²) in [6.07, 6.45) is 2.13. The van der Waals surface area contributed by atoms with Gasteiger partial charge in [0.15, 0.2) is 11.2 Å². The second-order valence-corrected chi connectivity index (χ2v) is 12.8. The molecule has 1 unspecified atom stereocenters. The molecule has 11 N–H and O–H groups in total. The van der Waals surface area contributed by atoms with Crippen LogP contribution in [0.4, 0.5) is 11.6 Å². The van der Waals surface area contributed by atoms with Crippen molar-refractivity contribution in [2.45, 2.75) is 77.5 Å². The van der Waals surface area contributed by atoms with Crippen LogP contribution in [0.1, 0.15) is 69.9 Å². The molecule has 0 saturated heterocycles. The van der Waals surface area contributed by atoms with Crippen LogP contribution < -0.4 is 38.0 Å². The molecule has 3 rings (SSSR count). The van der Waals surface area contributed by atoms with Crippen molar-refractivity contribution < 1.29 is 35.0 Å². The second kappa shape index (κ2) is 19.4. The first-order valence-electron chi connectivity index (χ1n) is 16.5. The lowest BCUT2D eigenvalue weighted by Crippen LogP contribution is -2.51. The van der Waals surface area contributed by atoms with E-state index < -0.39 is 34.5 Å². The molecule has 2 heterocycles. The zero-order chi connectivity index (χ0) is 38.3. The number of fused-ring (bicyclic) bond motifs is 1. The molecule has 0 aliphatic heterocycles. The van der Waals surface area contributed by atoms with Gasteiger partial charge in [-0.15, -0.1) is 0 Å². The highest BCUT2D eigenvalue weighted by molar-refractivity contribution is 5.98. The number of hydroxylamine groups is 1. The molecular weight excluding hydrogens is 680 g/mol. The Hall–Kier alpha value is -5.28. The highest BCUT2D eigenvalue weighted by Gasteiger charge is 2.27. The van der Waals surface area contributed by atoms with Crippen molar-refractivity contribution >= 4 is 46.0 Å². The fourth-order valence-corrected chi connectivity index (χ4v) is 4.71. The van der Waals surface area contributed by atoms with Gasteiger partial charge in [0, 0.05) is 30.8 Å². The van der Waals surface area contributed by atoms with E-state index in [1.165, 1.54) is 6.20 Å². The molecule has 0 saturated carbocycles. The number of nitrogen functional groups attached to an aromatic ring is 1. The maximum Gasteiger partial charge on any atom is 0.280 e. The molecule has 0 aliphatic carbocycles. The van der Waals surface area contributed by atoms with Crippen molar-refractivity contribution in [3.8, 4) is 0 Å². The van der Waals surface area contributed by atoms with Crippen molar-refractivity contribution in [3.63, 3.8) is 0 Å². The molecule has 52 heavy (non-hydrogen) atoms. The van der Waals surface area contributed by atoms with Crippen LogP contribution in [0, 0.1) is 0 Å². The maximum absolute atomic E-state index is 13.2. The second-order valence-electron chi connectivity index (χ2n) is 12.8. The quantitative estimate of drug-likeness (QED) is 0.0242. The van der Waals surface area contributed by atoms with E-state index in [4.69, 9.17) is 21.0 Å². The number of nitrogens with one attached hydrogen (secondary N) is 6. The Morgan fingerprint density at radius 3 is 2.44 bits per heavy atom. The molecule has 0 spiro atoms. The number of carbonyl (C=O) groups excluding carboxylic acids is 2. The SMILES string of the molecule is C/C(=N\O)C(C)(C)NOCCNC(C)(C)/C(CCNC(=O)C(CCCOO)NC(=O)c1ccc(NCc2cnc3nc(N)[nH]c(=O)c3n2)cc1)=N/O. The average molecular weight is 729 g/mol. The molecular formula is C32H48N12O8. The summed E-state index contributed by atoms with van der Waals surface area (Å²) in [7, 11) is 0. The fourth-order valence-electron chi connectivity index (χ4n) is 4.71. The molecule has 284 valence electrons. The number of aromatic nitrogens is 4. The summed E-state index contributed by atoms with van der Waals surface area (Å²) >= 11 is 0. The molecule has 1 aromatic carbocycles. The van der Waals surface area contributed by atoms with Gasteiger partial charge in [-0.25, -0.2) is 14.9 Å². The Balaban J connectivity index is 1.51. The van der Waals surface area contributed by atoms with Gasteiger partial charge >= 0.3 is 0 Å². The van der Waals surface area contributed by atoms with Gasteiger partial charge < -0.3 is 37.4 Å². The lowest BCUT2D eigenvalue weighted by atomic mass is 9.95. The van der Waals surface area contributed by atoms with E-state index in [0.29, 0.717) is 34.9 Å². The summed E-state index contributed by atoms with van der Waals surface area (Å²) < 4.78 is 0. The van der Waals surface area contributed by atoms with Gasteiger partial charge in [-0.3, -0.25) is 29.5 Å². The van der Waals surface area contributed by atoms with Gasteiger partial charge in [-0.1, -0.05) is 10.3 Å². The van der Waals surface area contributed by atoms with E-state index in [1.54, 1.807) is 45.0 Å². The van der Waals surface area contributed by atoms with Crippen LogP contribution in [0.25, 0.3) is 11.2 Å². The molecule has 0 radical (unpaired) electrons. The first kappa shape index (κ1) is 41.1. The molecule has 3 aromatic rings. The van der Waals surface area contributed by atoms with Crippen molar-refractivity contribution in [1.82, 2.24) is 41.4 Å². The van der Waals surface area contributed by atoms with E-state index >= 15 is 0 Å². The maximum atomic E-state index is 13.2. The highest BCUT2D eigenvalue weighted by Crippen LogP contribution is 2.13. The van der Waals surface area contributed by atoms with Crippen molar-refractivity contribution in [2.75, 3.05) is 37.4 Å². The van der Waals surface area contributed by atoms with E-state index in [0.717, 1.165) is 0 Å². The third kappa shape index (κ3) is 12.2. The first-order valence-corrected chi connectivity index (χ1v) is 16.5. The largest absolute Gasteiger partial charge is 0.411 e. The summed E-state index contributed by atoms with van der Waals surface area (Å²) in [4.78, 5) is 62.8. The number of nitrogens with two attached hydrogens (primary N) is 1. The lowest BCUT2D eigenvalue weighted by molar-refractivity contribution is -0.242. The van der Waals surface area contributed by atoms with Crippen LogP contribution in [-0.4, -0.2) is 102 Å². The molecule has 2 amide bonds. The predicted octanol–water partition coefficient (Wildman–Crippen LogP) is 1.13. The van der Waals surface area contributed by atoms with E-state index in [-0.39, 0.29) is 62.7 Å². The number of aromatic amines is 1. The van der Waals surface area contributed by atoms with Crippen LogP contribution in [0.15, 0.2) is 45.6 Å². The van der Waals surface area contributed by atoms with Crippen LogP contribution in [0.2, 0.25) is 0 Å². The Morgan fingerprint density at radius 2 is 1.77 bits per heavy atom. The minimum Gasteiger partial charge on any atom is -0.411 e. The van der Waals surface area contributed by atoms with Gasteiger partial charge in [0.25, 0.3) is 11.5 Å². The number of carbonyl (C=O) groups is 2. The minimum absolute atomic E-state index is 0.0346. The smallest absolute Gasteiger partial charge is 0.280 e. The van der Waals surface area contributed by atoms with Crippen LogP contribution in [0.3, 0.4) is 0 Å². The monoisotopic (exact) mass is 728 g/mol. The standard InChI is InChI=1S/C32H48N12O8/c1-19(42-48)31(2,3)44-51-16-14-37-32(4,5)24(43-49)12-13-34-28(46)23(7-6-15-52-50)39-27(45)20-8-10-21(11-9-20)35-17-22-18-36-26-25(38-22)29(47)41-30(33)40-26/h8-11,18,23,35,37,44,48-50H,6-7,12-17H2,1-5H3,(H,34,46)(H,39,45)(H3,33,36,40,41,47)/b42-19+,43-24+. The normalized spacial score (nSPS) is 13.2. The average Bonchev–Trinajstić information content (AvgIpc) is 3.11. The van der Waals surface area contributed by atoms with Crippen molar-refractivity contribution in [1.29, 1.82) is 0 Å². The molecule has 2 aromatic heterocycles. The summed E-state index contributed by atoms with van der Waals surface area (Å²) in [5.74, 6) is -1.02. The topological polar surface area (TPSA) is 296 Å². The van der Waals surface area contributed by atoms with Crippen molar-refractivity contribution in [2.24, 2.45) is 10.3 Å². The van der Waals surface area contributed by atoms with Crippen LogP contribution in [0.5, 0.6) is 0 Å². The fraction of sp³-hybridized carbons (Fsp3) is 0.500. The number of anilines is 2. The van der Waals surface area contributed by atoms with Gasteiger partial charge in [-0.2, -0.15) is 10.5 Å². The number of benzene rings is 1.